The van der Waals surface area contributed by atoms with Gasteiger partial charge in [0.15, 0.2) is 0 Å². The van der Waals surface area contributed by atoms with Crippen LogP contribution in [0.4, 0.5) is 4.79 Å². The molecule has 0 spiro atoms. The molecular weight excluding hydrogens is 262 g/mol. The van der Waals surface area contributed by atoms with Crippen LogP contribution in [-0.4, -0.2) is 52.6 Å². The second kappa shape index (κ2) is 5.30. The minimum Gasteiger partial charge on any atom is -0.481 e. The smallest absolute Gasteiger partial charge is 0.318 e. The molecule has 1 atom stereocenters. The van der Waals surface area contributed by atoms with E-state index in [0.29, 0.717) is 13.1 Å². The number of carboxylic acid groups (broad SMARTS) is 1. The number of amides is 3. The van der Waals surface area contributed by atoms with Gasteiger partial charge in [0.05, 0.1) is 11.0 Å². The van der Waals surface area contributed by atoms with Gasteiger partial charge in [0.1, 0.15) is 6.04 Å². The number of urea groups is 1. The fourth-order valence-electron chi connectivity index (χ4n) is 1.82. The molecule has 0 aromatic heterocycles. The van der Waals surface area contributed by atoms with E-state index in [1.807, 2.05) is 0 Å². The van der Waals surface area contributed by atoms with Gasteiger partial charge >= 0.3 is 12.0 Å². The number of carbonyl (C=O) groups excluding carboxylic acids is 2. The van der Waals surface area contributed by atoms with Crippen LogP contribution >= 0.6 is 0 Å². The maximum absolute atomic E-state index is 12.3. The molecule has 1 saturated heterocycles. The van der Waals surface area contributed by atoms with Crippen LogP contribution in [0.1, 0.15) is 34.6 Å². The van der Waals surface area contributed by atoms with Gasteiger partial charge in [-0.25, -0.2) is 4.79 Å². The van der Waals surface area contributed by atoms with Gasteiger partial charge in [0, 0.05) is 13.1 Å². The highest BCUT2D eigenvalue weighted by molar-refractivity contribution is 5.88. The maximum atomic E-state index is 12.3. The zero-order chi connectivity index (χ0) is 15.7. The molecule has 0 aromatic rings. The van der Waals surface area contributed by atoms with Crippen molar-refractivity contribution in [1.29, 1.82) is 0 Å². The Morgan fingerprint density at radius 2 is 1.90 bits per heavy atom. The molecule has 1 aliphatic rings. The zero-order valence-electron chi connectivity index (χ0n) is 12.6. The minimum absolute atomic E-state index is 0.207. The van der Waals surface area contributed by atoms with E-state index in [9.17, 15) is 19.5 Å². The first-order chi connectivity index (χ1) is 9.00. The first-order valence-electron chi connectivity index (χ1n) is 6.60. The van der Waals surface area contributed by atoms with Crippen LogP contribution in [0.2, 0.25) is 0 Å². The van der Waals surface area contributed by atoms with Crippen molar-refractivity contribution in [2.24, 2.45) is 5.41 Å². The van der Waals surface area contributed by atoms with Crippen molar-refractivity contribution in [2.75, 3.05) is 13.1 Å². The van der Waals surface area contributed by atoms with Gasteiger partial charge in [-0.3, -0.25) is 9.59 Å². The molecule has 1 fully saturated rings. The third kappa shape index (κ3) is 2.86. The third-order valence-electron chi connectivity index (χ3n) is 4.28. The molecule has 7 nitrogen and oxygen atoms in total. The quantitative estimate of drug-likeness (QED) is 0.699. The van der Waals surface area contributed by atoms with Crippen molar-refractivity contribution < 1.29 is 19.5 Å². The third-order valence-corrected chi connectivity index (χ3v) is 4.28. The summed E-state index contributed by atoms with van der Waals surface area (Å²) in [6.45, 7) is 8.89. The number of hydrogen-bond donors (Lipinski definition) is 3. The summed E-state index contributed by atoms with van der Waals surface area (Å²) in [5.74, 6) is -1.20. The Balaban J connectivity index is 2.84. The van der Waals surface area contributed by atoms with E-state index < -0.39 is 29.0 Å². The van der Waals surface area contributed by atoms with E-state index >= 15 is 0 Å². The molecular formula is C13H23N3O4. The summed E-state index contributed by atoms with van der Waals surface area (Å²) in [4.78, 5) is 36.6. The number of nitrogens with zero attached hydrogens (tertiary/aromatic N) is 1. The SMILES string of the molecule is CC1C(=O)NCCN1C(=O)NC(C)(C)C(C)(C)C(=O)O. The first-order valence-corrected chi connectivity index (χ1v) is 6.60. The highest BCUT2D eigenvalue weighted by Gasteiger charge is 2.45. The second-order valence-corrected chi connectivity index (χ2v) is 6.15. The van der Waals surface area contributed by atoms with Crippen molar-refractivity contribution in [2.45, 2.75) is 46.2 Å². The van der Waals surface area contributed by atoms with E-state index in [0.717, 1.165) is 0 Å². The Kier molecular flexibility index (Phi) is 4.31. The Morgan fingerprint density at radius 1 is 1.35 bits per heavy atom. The lowest BCUT2D eigenvalue weighted by Crippen LogP contribution is -2.64. The minimum atomic E-state index is -1.13. The molecule has 3 N–H and O–H groups in total. The molecule has 20 heavy (non-hydrogen) atoms. The summed E-state index contributed by atoms with van der Waals surface area (Å²) < 4.78 is 0. The van der Waals surface area contributed by atoms with Gasteiger partial charge in [-0.15, -0.1) is 0 Å². The van der Waals surface area contributed by atoms with Crippen LogP contribution in [-0.2, 0) is 9.59 Å². The molecule has 1 aliphatic heterocycles. The Hall–Kier alpha value is -1.79. The molecule has 0 aliphatic carbocycles. The van der Waals surface area contributed by atoms with Crippen molar-refractivity contribution in [1.82, 2.24) is 15.5 Å². The summed E-state index contributed by atoms with van der Waals surface area (Å²) in [5.41, 5.74) is -2.09. The molecule has 3 amide bonds. The average Bonchev–Trinajstić information content (AvgIpc) is 2.31. The van der Waals surface area contributed by atoms with E-state index in [2.05, 4.69) is 10.6 Å². The predicted molar refractivity (Wildman–Crippen MR) is 73.2 cm³/mol. The Labute approximate surface area is 118 Å². The Morgan fingerprint density at radius 3 is 2.40 bits per heavy atom. The average molecular weight is 285 g/mol. The standard InChI is InChI=1S/C13H23N3O4/c1-8-9(17)14-6-7-16(8)11(20)15-13(4,5)12(2,3)10(18)19/h8H,6-7H2,1-5H3,(H,14,17)(H,15,20)(H,18,19). The van der Waals surface area contributed by atoms with Crippen LogP contribution in [0.3, 0.4) is 0 Å². The lowest BCUT2D eigenvalue weighted by atomic mass is 9.74. The summed E-state index contributed by atoms with van der Waals surface area (Å²) in [6, 6.07) is -0.987. The van der Waals surface area contributed by atoms with Gasteiger partial charge in [0.2, 0.25) is 5.91 Å². The highest BCUT2D eigenvalue weighted by Crippen LogP contribution is 2.31. The molecule has 1 rings (SSSR count). The second-order valence-electron chi connectivity index (χ2n) is 6.15. The van der Waals surface area contributed by atoms with Gasteiger partial charge in [0.25, 0.3) is 0 Å². The van der Waals surface area contributed by atoms with E-state index in [-0.39, 0.29) is 5.91 Å². The van der Waals surface area contributed by atoms with Crippen molar-refractivity contribution in [3.05, 3.63) is 0 Å². The number of carbonyl (C=O) groups is 3. The van der Waals surface area contributed by atoms with Crippen LogP contribution in [0.5, 0.6) is 0 Å². The predicted octanol–water partition coefficient (Wildman–Crippen LogP) is 0.406. The first kappa shape index (κ1) is 16.3. The number of aliphatic carboxylic acids is 1. The fourth-order valence-corrected chi connectivity index (χ4v) is 1.82. The van der Waals surface area contributed by atoms with Crippen molar-refractivity contribution in [3.8, 4) is 0 Å². The maximum Gasteiger partial charge on any atom is 0.318 e. The normalized spacial score (nSPS) is 20.4. The Bertz CT molecular complexity index is 431. The number of carboxylic acids is 1. The fraction of sp³-hybridized carbons (Fsp3) is 0.769. The monoisotopic (exact) mass is 285 g/mol. The molecule has 1 unspecified atom stereocenters. The van der Waals surface area contributed by atoms with E-state index in [1.54, 1.807) is 34.6 Å². The topological polar surface area (TPSA) is 98.7 Å². The number of piperazine rings is 1. The summed E-state index contributed by atoms with van der Waals surface area (Å²) in [5, 5.41) is 14.7. The van der Waals surface area contributed by atoms with Crippen molar-refractivity contribution >= 4 is 17.9 Å². The summed E-state index contributed by atoms with van der Waals surface area (Å²) >= 11 is 0. The summed E-state index contributed by atoms with van der Waals surface area (Å²) in [7, 11) is 0. The summed E-state index contributed by atoms with van der Waals surface area (Å²) in [6.07, 6.45) is 0. The lowest BCUT2D eigenvalue weighted by molar-refractivity contribution is -0.150. The van der Waals surface area contributed by atoms with Crippen LogP contribution < -0.4 is 10.6 Å². The number of rotatable bonds is 3. The molecule has 7 heteroatoms. The highest BCUT2D eigenvalue weighted by atomic mass is 16.4. The van der Waals surface area contributed by atoms with Gasteiger partial charge in [-0.2, -0.15) is 0 Å². The van der Waals surface area contributed by atoms with E-state index in [1.165, 1.54) is 4.90 Å². The molecule has 0 bridgehead atoms. The van der Waals surface area contributed by atoms with Gasteiger partial charge in [-0.05, 0) is 34.6 Å². The number of hydrogen-bond acceptors (Lipinski definition) is 3. The number of nitrogens with one attached hydrogen (secondary N) is 2. The van der Waals surface area contributed by atoms with Gasteiger partial charge < -0.3 is 20.6 Å². The van der Waals surface area contributed by atoms with Crippen LogP contribution in [0, 0.1) is 5.41 Å². The molecule has 0 aromatic carbocycles. The zero-order valence-corrected chi connectivity index (χ0v) is 12.6. The largest absolute Gasteiger partial charge is 0.481 e. The van der Waals surface area contributed by atoms with Crippen molar-refractivity contribution in [3.63, 3.8) is 0 Å². The van der Waals surface area contributed by atoms with Crippen LogP contribution in [0.15, 0.2) is 0 Å². The van der Waals surface area contributed by atoms with E-state index in [4.69, 9.17) is 0 Å². The van der Waals surface area contributed by atoms with Crippen LogP contribution in [0.25, 0.3) is 0 Å². The molecule has 0 saturated carbocycles. The lowest BCUT2D eigenvalue weighted by Gasteiger charge is -2.41. The molecule has 1 heterocycles. The molecule has 0 radical (unpaired) electrons. The molecule has 114 valence electrons. The van der Waals surface area contributed by atoms with Gasteiger partial charge in [-0.1, -0.05) is 0 Å².